The lowest BCUT2D eigenvalue weighted by Gasteiger charge is -2.34. The number of H-pyrrole nitrogens is 1. The number of aromatic amines is 1. The number of amides is 3. The fourth-order valence-electron chi connectivity index (χ4n) is 5.39. The second kappa shape index (κ2) is 10.9. The number of nitrogens with zero attached hydrogens (tertiary/aromatic N) is 5. The molecule has 2 aliphatic rings. The molecule has 0 aliphatic carbocycles. The van der Waals surface area contributed by atoms with Gasteiger partial charge in [0.05, 0.1) is 5.52 Å². The highest BCUT2D eigenvalue weighted by Gasteiger charge is 2.33. The number of rotatable bonds is 5. The van der Waals surface area contributed by atoms with Gasteiger partial charge in [0, 0.05) is 63.6 Å². The number of likely N-dealkylation sites (tertiary alicyclic amines) is 1. The monoisotopic (exact) mass is 527 g/mol. The zero-order valence-electron chi connectivity index (χ0n) is 21.2. The number of urea groups is 1. The van der Waals surface area contributed by atoms with E-state index < -0.39 is 17.7 Å². The summed E-state index contributed by atoms with van der Waals surface area (Å²) in [7, 11) is 0. The molecule has 5 rings (SSSR count). The molecule has 2 fully saturated rings. The van der Waals surface area contributed by atoms with E-state index in [1.807, 2.05) is 17.9 Å². The minimum Gasteiger partial charge on any atom is -0.340 e. The maximum Gasteiger partial charge on any atom is 0.327 e. The van der Waals surface area contributed by atoms with Crippen LogP contribution in [0.5, 0.6) is 0 Å². The molecule has 0 spiro atoms. The van der Waals surface area contributed by atoms with Crippen LogP contribution in [0.3, 0.4) is 0 Å². The van der Waals surface area contributed by atoms with Crippen LogP contribution >= 0.6 is 0 Å². The molecule has 2 aromatic heterocycles. The number of pyridine rings is 1. The van der Waals surface area contributed by atoms with Crippen molar-refractivity contribution in [2.45, 2.75) is 38.4 Å². The molecule has 2 N–H and O–H groups in total. The number of halogens is 2. The standard InChI is InChI=1S/C26H31F2N7O3/c1-2-33-14-13-32(15-17-5-3-6-19(27)22(17)28)16-20(24(33)36)30-25(37)34-11-8-18(9-12-34)35-21-7-4-10-29-23(21)31-26(35)38/h3-7,10,18,20H,2,8-9,11-16H2,1H3,(H,30,37)(H,29,31,38). The second-order valence-corrected chi connectivity index (χ2v) is 9.76. The van der Waals surface area contributed by atoms with Crippen LogP contribution in [-0.2, 0) is 11.3 Å². The van der Waals surface area contributed by atoms with Crippen LogP contribution in [0.1, 0.15) is 31.4 Å². The van der Waals surface area contributed by atoms with E-state index in [9.17, 15) is 23.2 Å². The molecular formula is C26H31F2N7O3. The molecule has 2 aliphatic heterocycles. The summed E-state index contributed by atoms with van der Waals surface area (Å²) < 4.78 is 29.7. The molecule has 0 bridgehead atoms. The predicted molar refractivity (Wildman–Crippen MR) is 136 cm³/mol. The van der Waals surface area contributed by atoms with Crippen molar-refractivity contribution >= 4 is 23.1 Å². The van der Waals surface area contributed by atoms with Crippen molar-refractivity contribution in [1.29, 1.82) is 0 Å². The number of nitrogens with one attached hydrogen (secondary N) is 2. The molecule has 1 unspecified atom stereocenters. The molecular weight excluding hydrogens is 496 g/mol. The Bertz CT molecular complexity index is 1380. The highest BCUT2D eigenvalue weighted by atomic mass is 19.2. The molecule has 1 aromatic carbocycles. The molecule has 2 saturated heterocycles. The Balaban J connectivity index is 1.24. The smallest absolute Gasteiger partial charge is 0.327 e. The Kier molecular flexibility index (Phi) is 7.41. The number of piperidine rings is 1. The Hall–Kier alpha value is -3.80. The van der Waals surface area contributed by atoms with Crippen LogP contribution in [-0.4, -0.2) is 86.5 Å². The van der Waals surface area contributed by atoms with Crippen molar-refractivity contribution in [3.05, 3.63) is 64.2 Å². The van der Waals surface area contributed by atoms with Gasteiger partial charge in [-0.05, 0) is 38.0 Å². The van der Waals surface area contributed by atoms with Gasteiger partial charge in [-0.3, -0.25) is 19.2 Å². The molecule has 0 saturated carbocycles. The largest absolute Gasteiger partial charge is 0.340 e. The lowest BCUT2D eigenvalue weighted by atomic mass is 10.0. The van der Waals surface area contributed by atoms with E-state index in [1.165, 1.54) is 12.1 Å². The van der Waals surface area contributed by atoms with Crippen molar-refractivity contribution in [3.8, 4) is 0 Å². The first-order valence-electron chi connectivity index (χ1n) is 12.9. The molecule has 10 nitrogen and oxygen atoms in total. The Morgan fingerprint density at radius 2 is 1.89 bits per heavy atom. The summed E-state index contributed by atoms with van der Waals surface area (Å²) >= 11 is 0. The summed E-state index contributed by atoms with van der Waals surface area (Å²) in [6, 6.07) is 6.43. The van der Waals surface area contributed by atoms with Gasteiger partial charge in [0.1, 0.15) is 6.04 Å². The SMILES string of the molecule is CCN1CCN(Cc2cccc(F)c2F)CC(NC(=O)N2CCC(n3c(=O)[nH]c4ncccc43)CC2)C1=O. The normalized spacial score (nSPS) is 19.7. The first-order chi connectivity index (χ1) is 18.4. The quantitative estimate of drug-likeness (QED) is 0.529. The lowest BCUT2D eigenvalue weighted by molar-refractivity contribution is -0.132. The van der Waals surface area contributed by atoms with Crippen LogP contribution in [0, 0.1) is 11.6 Å². The van der Waals surface area contributed by atoms with Crippen molar-refractivity contribution < 1.29 is 18.4 Å². The number of imidazole rings is 1. The molecule has 0 radical (unpaired) electrons. The van der Waals surface area contributed by atoms with E-state index in [4.69, 9.17) is 0 Å². The maximum absolute atomic E-state index is 14.3. The zero-order valence-corrected chi connectivity index (χ0v) is 21.2. The van der Waals surface area contributed by atoms with Crippen LogP contribution in [0.2, 0.25) is 0 Å². The average Bonchev–Trinajstić information content (AvgIpc) is 3.18. The van der Waals surface area contributed by atoms with E-state index >= 15 is 0 Å². The van der Waals surface area contributed by atoms with Crippen LogP contribution in [0.15, 0.2) is 41.3 Å². The lowest BCUT2D eigenvalue weighted by Crippen LogP contribution is -2.55. The molecule has 38 heavy (non-hydrogen) atoms. The predicted octanol–water partition coefficient (Wildman–Crippen LogP) is 2.08. The maximum atomic E-state index is 14.3. The highest BCUT2D eigenvalue weighted by molar-refractivity contribution is 5.87. The van der Waals surface area contributed by atoms with Crippen molar-refractivity contribution in [1.82, 2.24) is 34.6 Å². The van der Waals surface area contributed by atoms with Gasteiger partial charge < -0.3 is 15.1 Å². The van der Waals surface area contributed by atoms with E-state index in [-0.39, 0.29) is 42.3 Å². The summed E-state index contributed by atoms with van der Waals surface area (Å²) in [6.07, 6.45) is 2.79. The molecule has 202 valence electrons. The number of aromatic nitrogens is 3. The fraction of sp³-hybridized carbons (Fsp3) is 0.462. The third kappa shape index (κ3) is 5.13. The molecule has 12 heteroatoms. The van der Waals surface area contributed by atoms with Crippen molar-refractivity contribution in [3.63, 3.8) is 0 Å². The van der Waals surface area contributed by atoms with E-state index in [0.29, 0.717) is 51.2 Å². The molecule has 1 atom stereocenters. The number of hydrogen-bond donors (Lipinski definition) is 2. The number of hydrogen-bond acceptors (Lipinski definition) is 5. The van der Waals surface area contributed by atoms with E-state index in [2.05, 4.69) is 15.3 Å². The number of likely N-dealkylation sites (N-methyl/N-ethyl adjacent to an activating group) is 1. The van der Waals surface area contributed by atoms with Gasteiger partial charge in [0.2, 0.25) is 5.91 Å². The summed E-state index contributed by atoms with van der Waals surface area (Å²) in [5.74, 6) is -2.01. The first-order valence-corrected chi connectivity index (χ1v) is 12.9. The second-order valence-electron chi connectivity index (χ2n) is 9.76. The summed E-state index contributed by atoms with van der Waals surface area (Å²) in [5.41, 5.74) is 1.25. The minimum atomic E-state index is -0.914. The van der Waals surface area contributed by atoms with Crippen LogP contribution in [0.25, 0.3) is 11.2 Å². The summed E-state index contributed by atoms with van der Waals surface area (Å²) in [4.78, 5) is 51.0. The summed E-state index contributed by atoms with van der Waals surface area (Å²) in [5, 5.41) is 2.88. The number of carbonyl (C=O) groups is 2. The van der Waals surface area contributed by atoms with Crippen LogP contribution in [0.4, 0.5) is 13.6 Å². The van der Waals surface area contributed by atoms with Gasteiger partial charge in [-0.15, -0.1) is 0 Å². The van der Waals surface area contributed by atoms with Gasteiger partial charge in [-0.25, -0.2) is 23.4 Å². The van der Waals surface area contributed by atoms with Crippen LogP contribution < -0.4 is 11.0 Å². The third-order valence-corrected chi connectivity index (χ3v) is 7.45. The van der Waals surface area contributed by atoms with E-state index in [0.717, 1.165) is 11.6 Å². The molecule has 3 aromatic rings. The summed E-state index contributed by atoms with van der Waals surface area (Å²) in [6.45, 7) is 4.41. The van der Waals surface area contributed by atoms with Gasteiger partial charge in [0.25, 0.3) is 0 Å². The average molecular weight is 528 g/mol. The Morgan fingerprint density at radius 1 is 1.11 bits per heavy atom. The van der Waals surface area contributed by atoms with Gasteiger partial charge in [-0.2, -0.15) is 0 Å². The number of fused-ring (bicyclic) bond motifs is 1. The zero-order chi connectivity index (χ0) is 26.8. The fourth-order valence-corrected chi connectivity index (χ4v) is 5.39. The molecule has 3 amide bonds. The number of benzene rings is 1. The Labute approximate surface area is 218 Å². The topological polar surface area (TPSA) is 107 Å². The van der Waals surface area contributed by atoms with Gasteiger partial charge >= 0.3 is 11.7 Å². The number of carbonyl (C=O) groups excluding carboxylic acids is 2. The highest BCUT2D eigenvalue weighted by Crippen LogP contribution is 2.24. The van der Waals surface area contributed by atoms with Gasteiger partial charge in [-0.1, -0.05) is 12.1 Å². The van der Waals surface area contributed by atoms with Crippen molar-refractivity contribution in [2.75, 3.05) is 39.3 Å². The van der Waals surface area contributed by atoms with Gasteiger partial charge in [0.15, 0.2) is 17.3 Å². The third-order valence-electron chi connectivity index (χ3n) is 7.45. The first kappa shape index (κ1) is 25.8. The van der Waals surface area contributed by atoms with E-state index in [1.54, 1.807) is 26.6 Å². The van der Waals surface area contributed by atoms with Crippen molar-refractivity contribution in [2.24, 2.45) is 0 Å². The Morgan fingerprint density at radius 3 is 2.66 bits per heavy atom. The minimum absolute atomic E-state index is 0.0729. The molecule has 4 heterocycles.